The molecule has 0 spiro atoms. The average molecular weight is 477 g/mol. The number of aromatic nitrogens is 2. The summed E-state index contributed by atoms with van der Waals surface area (Å²) < 4.78 is 25.4. The molecule has 1 aliphatic rings. The number of benzene rings is 2. The van der Waals surface area contributed by atoms with Crippen LogP contribution in [0.4, 0.5) is 32.3 Å². The summed E-state index contributed by atoms with van der Waals surface area (Å²) in [6.07, 6.45) is 3.03. The van der Waals surface area contributed by atoms with E-state index in [2.05, 4.69) is 21.9 Å². The Bertz CT molecular complexity index is 1310. The van der Waals surface area contributed by atoms with Crippen LogP contribution in [0.2, 0.25) is 0 Å². The van der Waals surface area contributed by atoms with Crippen molar-refractivity contribution >= 4 is 35.0 Å². The van der Waals surface area contributed by atoms with Gasteiger partial charge in [-0.3, -0.25) is 14.6 Å². The van der Waals surface area contributed by atoms with Crippen molar-refractivity contribution in [1.29, 1.82) is 0 Å². The van der Waals surface area contributed by atoms with Gasteiger partial charge in [0.2, 0.25) is 5.95 Å². The van der Waals surface area contributed by atoms with Crippen LogP contribution in [0.1, 0.15) is 11.1 Å². The number of para-hydroxylation sites is 1. The molecule has 1 N–H and O–H groups in total. The highest BCUT2D eigenvalue weighted by Crippen LogP contribution is 2.37. The van der Waals surface area contributed by atoms with E-state index in [1.54, 1.807) is 13.2 Å². The molecule has 0 atom stereocenters. The third kappa shape index (κ3) is 4.63. The first-order valence-electron chi connectivity index (χ1n) is 10.7. The number of urea groups is 1. The van der Waals surface area contributed by atoms with Gasteiger partial charge in [0, 0.05) is 43.0 Å². The smallest absolute Gasteiger partial charge is 0.330 e. The summed E-state index contributed by atoms with van der Waals surface area (Å²) in [7, 11) is 4.34. The lowest BCUT2D eigenvalue weighted by molar-refractivity contribution is -0.114. The predicted molar refractivity (Wildman–Crippen MR) is 130 cm³/mol. The van der Waals surface area contributed by atoms with Crippen molar-refractivity contribution in [2.45, 2.75) is 13.0 Å². The van der Waals surface area contributed by atoms with E-state index in [1.165, 1.54) is 42.2 Å². The largest absolute Gasteiger partial charge is 0.497 e. The van der Waals surface area contributed by atoms with Gasteiger partial charge >= 0.3 is 6.03 Å². The van der Waals surface area contributed by atoms with Crippen LogP contribution < -0.4 is 24.6 Å². The van der Waals surface area contributed by atoms with Crippen LogP contribution in [-0.2, 0) is 17.8 Å². The number of rotatable bonds is 8. The molecule has 4 rings (SSSR count). The number of methoxy groups -OCH3 is 2. The van der Waals surface area contributed by atoms with Crippen LogP contribution in [0.15, 0.2) is 55.3 Å². The minimum Gasteiger partial charge on any atom is -0.497 e. The molecule has 1 aromatic heterocycles. The fourth-order valence-electron chi connectivity index (χ4n) is 3.76. The fourth-order valence-corrected chi connectivity index (χ4v) is 3.76. The molecule has 0 saturated carbocycles. The second-order valence-corrected chi connectivity index (χ2v) is 7.76. The highest BCUT2D eigenvalue weighted by molar-refractivity contribution is 6.05. The second-order valence-electron chi connectivity index (χ2n) is 7.76. The molecule has 2 aromatic carbocycles. The summed E-state index contributed by atoms with van der Waals surface area (Å²) in [6.45, 7) is 3.57. The zero-order valence-corrected chi connectivity index (χ0v) is 19.5. The number of hydrogen-bond donors (Lipinski definition) is 1. The monoisotopic (exact) mass is 477 g/mol. The lowest BCUT2D eigenvalue weighted by Gasteiger charge is -2.34. The van der Waals surface area contributed by atoms with Gasteiger partial charge in [0.05, 0.1) is 26.5 Å². The number of allylic oxidation sites excluding steroid dienone is 1. The standard InChI is InChI=1S/C25H24FN5O4/c1-5-17(32)10-15-8-6-7-9-19(15)28-24-27-13-16-14-31(25(33)30(2)23(16)29-24)20-11-18(34-3)12-21(35-4)22(20)26/h5-9,11-13H,1,10,14H2,2-4H3,(H,27,28,29). The second kappa shape index (κ2) is 9.80. The molecule has 3 aromatic rings. The summed E-state index contributed by atoms with van der Waals surface area (Å²) in [5.74, 6) is 0.165. The molecule has 180 valence electrons. The highest BCUT2D eigenvalue weighted by atomic mass is 19.1. The Morgan fingerprint density at radius 2 is 2.03 bits per heavy atom. The van der Waals surface area contributed by atoms with E-state index in [0.29, 0.717) is 22.8 Å². The molecule has 35 heavy (non-hydrogen) atoms. The SMILES string of the molecule is C=CC(=O)Cc1ccccc1Nc1ncc2c(n1)N(C)C(=O)N(c1cc(OC)cc(OC)c1F)C2. The number of halogens is 1. The number of hydrogen-bond acceptors (Lipinski definition) is 7. The maximum absolute atomic E-state index is 15.0. The van der Waals surface area contributed by atoms with Crippen molar-refractivity contribution in [3.63, 3.8) is 0 Å². The molecule has 2 heterocycles. The first kappa shape index (κ1) is 23.7. The Labute approximate surface area is 201 Å². The van der Waals surface area contributed by atoms with Gasteiger partial charge in [-0.15, -0.1) is 0 Å². The Morgan fingerprint density at radius 1 is 1.26 bits per heavy atom. The Balaban J connectivity index is 1.65. The first-order valence-corrected chi connectivity index (χ1v) is 10.7. The number of carbonyl (C=O) groups excluding carboxylic acids is 2. The number of nitrogens with one attached hydrogen (secondary N) is 1. The van der Waals surface area contributed by atoms with Crippen molar-refractivity contribution in [2.75, 3.05) is 36.4 Å². The minimum atomic E-state index is -0.677. The molecule has 10 heteroatoms. The lowest BCUT2D eigenvalue weighted by atomic mass is 10.1. The molecule has 0 radical (unpaired) electrons. The third-order valence-electron chi connectivity index (χ3n) is 5.60. The van der Waals surface area contributed by atoms with E-state index in [4.69, 9.17) is 9.47 Å². The molecule has 0 unspecified atom stereocenters. The summed E-state index contributed by atoms with van der Waals surface area (Å²) in [5.41, 5.74) is 2.07. The number of amides is 2. The third-order valence-corrected chi connectivity index (χ3v) is 5.60. The molecular formula is C25H24FN5O4. The minimum absolute atomic E-state index is 0.0201. The Morgan fingerprint density at radius 3 is 2.74 bits per heavy atom. The maximum Gasteiger partial charge on any atom is 0.330 e. The van der Waals surface area contributed by atoms with E-state index >= 15 is 4.39 Å². The normalized spacial score (nSPS) is 12.7. The van der Waals surface area contributed by atoms with Crippen LogP contribution >= 0.6 is 0 Å². The predicted octanol–water partition coefficient (Wildman–Crippen LogP) is 4.25. The van der Waals surface area contributed by atoms with Crippen LogP contribution in [0.3, 0.4) is 0 Å². The van der Waals surface area contributed by atoms with Crippen molar-refractivity contribution in [2.24, 2.45) is 0 Å². The summed E-state index contributed by atoms with van der Waals surface area (Å²) in [5, 5.41) is 3.12. The van der Waals surface area contributed by atoms with Gasteiger partial charge in [-0.2, -0.15) is 4.98 Å². The number of ether oxygens (including phenoxy) is 2. The van der Waals surface area contributed by atoms with Crippen LogP contribution in [-0.4, -0.2) is 43.0 Å². The fraction of sp³-hybridized carbons (Fsp3) is 0.200. The molecule has 0 fully saturated rings. The van der Waals surface area contributed by atoms with E-state index in [-0.39, 0.29) is 36.1 Å². The summed E-state index contributed by atoms with van der Waals surface area (Å²) >= 11 is 0. The van der Waals surface area contributed by atoms with Crippen molar-refractivity contribution in [1.82, 2.24) is 9.97 Å². The zero-order valence-electron chi connectivity index (χ0n) is 19.5. The van der Waals surface area contributed by atoms with E-state index in [1.807, 2.05) is 24.3 Å². The van der Waals surface area contributed by atoms with E-state index in [0.717, 1.165) is 5.56 Å². The van der Waals surface area contributed by atoms with Crippen molar-refractivity contribution in [3.05, 3.63) is 72.2 Å². The maximum atomic E-state index is 15.0. The van der Waals surface area contributed by atoms with Gasteiger partial charge in [-0.05, 0) is 17.7 Å². The van der Waals surface area contributed by atoms with Gasteiger partial charge in [-0.1, -0.05) is 24.8 Å². The molecule has 9 nitrogen and oxygen atoms in total. The number of nitrogens with zero attached hydrogens (tertiary/aromatic N) is 4. The molecular weight excluding hydrogens is 453 g/mol. The van der Waals surface area contributed by atoms with Crippen LogP contribution in [0.5, 0.6) is 11.5 Å². The highest BCUT2D eigenvalue weighted by Gasteiger charge is 2.33. The molecule has 2 amide bonds. The van der Waals surface area contributed by atoms with Gasteiger partial charge in [0.25, 0.3) is 0 Å². The van der Waals surface area contributed by atoms with Crippen LogP contribution in [0, 0.1) is 5.82 Å². The lowest BCUT2D eigenvalue weighted by Crippen LogP contribution is -2.46. The van der Waals surface area contributed by atoms with Gasteiger partial charge in [0.1, 0.15) is 11.6 Å². The Kier molecular flexibility index (Phi) is 6.63. The molecule has 0 aliphatic carbocycles. The Hall–Kier alpha value is -4.47. The molecule has 0 bridgehead atoms. The molecule has 0 saturated heterocycles. The van der Waals surface area contributed by atoms with Gasteiger partial charge < -0.3 is 14.8 Å². The number of ketones is 1. The number of anilines is 4. The van der Waals surface area contributed by atoms with Gasteiger partial charge in [0.15, 0.2) is 17.3 Å². The quantitative estimate of drug-likeness (QED) is 0.485. The van der Waals surface area contributed by atoms with Crippen molar-refractivity contribution < 1.29 is 23.5 Å². The molecule has 1 aliphatic heterocycles. The van der Waals surface area contributed by atoms with Crippen LogP contribution in [0.25, 0.3) is 0 Å². The number of carbonyl (C=O) groups is 2. The average Bonchev–Trinajstić information content (AvgIpc) is 2.87. The van der Waals surface area contributed by atoms with E-state index in [9.17, 15) is 9.59 Å². The van der Waals surface area contributed by atoms with E-state index < -0.39 is 11.8 Å². The zero-order chi connectivity index (χ0) is 25.1. The topological polar surface area (TPSA) is 96.9 Å². The summed E-state index contributed by atoms with van der Waals surface area (Å²) in [4.78, 5) is 36.5. The van der Waals surface area contributed by atoms with Gasteiger partial charge in [-0.25, -0.2) is 14.2 Å². The number of fused-ring (bicyclic) bond motifs is 1. The summed E-state index contributed by atoms with van der Waals surface area (Å²) in [6, 6.07) is 9.66. The van der Waals surface area contributed by atoms with Crippen molar-refractivity contribution in [3.8, 4) is 11.5 Å². The first-order chi connectivity index (χ1) is 16.9.